The van der Waals surface area contributed by atoms with E-state index in [0.717, 1.165) is 61.2 Å². The van der Waals surface area contributed by atoms with Crippen LogP contribution in [0.1, 0.15) is 19.3 Å². The molecule has 4 rings (SSSR count). The molecule has 1 aliphatic heterocycles. The number of nitrogens with zero attached hydrogens (tertiary/aromatic N) is 4. The van der Waals surface area contributed by atoms with Crippen LogP contribution >= 0.6 is 23.2 Å². The minimum absolute atomic E-state index is 0.205. The minimum atomic E-state index is 0.205. The third-order valence-corrected chi connectivity index (χ3v) is 5.92. The lowest BCUT2D eigenvalue weighted by Gasteiger charge is -2.34. The normalized spacial score (nSPS) is 15.3. The number of hydrogen-bond acceptors (Lipinski definition) is 6. The summed E-state index contributed by atoms with van der Waals surface area (Å²) in [5.41, 5.74) is 13.7. The summed E-state index contributed by atoms with van der Waals surface area (Å²) in [7, 11) is 0. The van der Waals surface area contributed by atoms with Gasteiger partial charge in [0.05, 0.1) is 10.0 Å². The molecule has 0 bridgehead atoms. The summed E-state index contributed by atoms with van der Waals surface area (Å²) in [5.74, 6) is 1.69. The average Bonchev–Trinajstić information content (AvgIpc) is 2.68. The first-order valence-corrected chi connectivity index (χ1v) is 10.1. The third kappa shape index (κ3) is 3.72. The number of pyridine rings is 1. The highest BCUT2D eigenvalue weighted by Gasteiger charge is 2.24. The second-order valence-corrected chi connectivity index (χ2v) is 7.92. The van der Waals surface area contributed by atoms with E-state index in [1.165, 1.54) is 0 Å². The Morgan fingerprint density at radius 3 is 2.50 bits per heavy atom. The number of nitrogens with two attached hydrogens (primary N) is 2. The maximum absolute atomic E-state index is 6.52. The van der Waals surface area contributed by atoms with Crippen molar-refractivity contribution >= 4 is 46.0 Å². The fourth-order valence-corrected chi connectivity index (χ4v) is 4.42. The molecule has 8 heteroatoms. The third-order valence-electron chi connectivity index (χ3n) is 5.29. The highest BCUT2D eigenvalue weighted by molar-refractivity contribution is 6.39. The maximum Gasteiger partial charge on any atom is 0.222 e. The second kappa shape index (κ2) is 8.07. The van der Waals surface area contributed by atoms with Crippen molar-refractivity contribution in [3.05, 3.63) is 40.5 Å². The monoisotopic (exact) mass is 416 g/mol. The first-order chi connectivity index (χ1) is 13.6. The summed E-state index contributed by atoms with van der Waals surface area (Å²) in [6.07, 6.45) is 4.90. The van der Waals surface area contributed by atoms with E-state index in [2.05, 4.69) is 14.9 Å². The molecule has 0 unspecified atom stereocenters. The van der Waals surface area contributed by atoms with Gasteiger partial charge in [-0.25, -0.2) is 9.97 Å². The Bertz CT molecular complexity index is 981. The maximum atomic E-state index is 6.52. The van der Waals surface area contributed by atoms with Crippen LogP contribution in [0.15, 0.2) is 30.5 Å². The molecule has 0 amide bonds. The number of benzene rings is 1. The van der Waals surface area contributed by atoms with E-state index < -0.39 is 0 Å². The first kappa shape index (κ1) is 19.2. The van der Waals surface area contributed by atoms with Gasteiger partial charge in [-0.3, -0.25) is 0 Å². The standard InChI is InChI=1S/C20H22Cl2N6/c21-15-2-1-3-16(22)17(15)14-10-13-11-25-20(24)27-18(13)26-19(14)28-8-5-12(4-7-23)6-9-28/h1-3,10-12H,4-9,23H2,(H2,24,25,26,27). The van der Waals surface area contributed by atoms with Gasteiger partial charge in [0.15, 0.2) is 5.65 Å². The lowest BCUT2D eigenvalue weighted by Crippen LogP contribution is -2.35. The fraction of sp³-hybridized carbons (Fsp3) is 0.350. The molecule has 3 heterocycles. The number of nitrogen functional groups attached to an aromatic ring is 1. The lowest BCUT2D eigenvalue weighted by atomic mass is 9.93. The number of halogens is 2. The van der Waals surface area contributed by atoms with Gasteiger partial charge in [0.1, 0.15) is 5.82 Å². The molecule has 0 saturated carbocycles. The summed E-state index contributed by atoms with van der Waals surface area (Å²) in [6, 6.07) is 7.51. The van der Waals surface area contributed by atoms with Crippen LogP contribution in [0.2, 0.25) is 10.0 Å². The van der Waals surface area contributed by atoms with Crippen molar-refractivity contribution in [3.63, 3.8) is 0 Å². The number of hydrogen-bond donors (Lipinski definition) is 2. The lowest BCUT2D eigenvalue weighted by molar-refractivity contribution is 0.385. The van der Waals surface area contributed by atoms with Crippen LogP contribution in [0.5, 0.6) is 0 Å². The van der Waals surface area contributed by atoms with Crippen molar-refractivity contribution in [2.75, 3.05) is 30.3 Å². The molecule has 0 radical (unpaired) electrons. The summed E-state index contributed by atoms with van der Waals surface area (Å²) in [6.45, 7) is 2.53. The zero-order valence-corrected chi connectivity index (χ0v) is 16.9. The number of rotatable bonds is 4. The molecule has 0 spiro atoms. The van der Waals surface area contributed by atoms with Gasteiger partial charge in [-0.05, 0) is 49.9 Å². The van der Waals surface area contributed by atoms with Crippen molar-refractivity contribution in [3.8, 4) is 11.1 Å². The number of fused-ring (bicyclic) bond motifs is 1. The molecule has 1 saturated heterocycles. The van der Waals surface area contributed by atoms with E-state index in [9.17, 15) is 0 Å². The second-order valence-electron chi connectivity index (χ2n) is 7.11. The van der Waals surface area contributed by atoms with E-state index in [1.54, 1.807) is 6.20 Å². The van der Waals surface area contributed by atoms with Crippen LogP contribution < -0.4 is 16.4 Å². The SMILES string of the molecule is NCCC1CCN(c2nc3nc(N)ncc3cc2-c2c(Cl)cccc2Cl)CC1. The number of aromatic nitrogens is 3. The van der Waals surface area contributed by atoms with E-state index >= 15 is 0 Å². The molecular formula is C20H22Cl2N6. The molecular weight excluding hydrogens is 395 g/mol. The summed E-state index contributed by atoms with van der Waals surface area (Å²) in [5, 5.41) is 1.97. The van der Waals surface area contributed by atoms with Crippen molar-refractivity contribution in [1.82, 2.24) is 15.0 Å². The molecule has 0 atom stereocenters. The van der Waals surface area contributed by atoms with Gasteiger partial charge >= 0.3 is 0 Å². The van der Waals surface area contributed by atoms with Gasteiger partial charge in [0.25, 0.3) is 0 Å². The molecule has 3 aromatic rings. The van der Waals surface area contributed by atoms with Gasteiger partial charge < -0.3 is 16.4 Å². The molecule has 6 nitrogen and oxygen atoms in total. The van der Waals surface area contributed by atoms with Crippen LogP contribution in [-0.2, 0) is 0 Å². The Labute approximate surface area is 173 Å². The fourth-order valence-electron chi connectivity index (χ4n) is 3.82. The Morgan fingerprint density at radius 1 is 1.11 bits per heavy atom. The molecule has 2 aromatic heterocycles. The molecule has 1 aliphatic rings. The van der Waals surface area contributed by atoms with Gasteiger partial charge in [0.2, 0.25) is 5.95 Å². The van der Waals surface area contributed by atoms with Gasteiger partial charge in [-0.15, -0.1) is 0 Å². The molecule has 28 heavy (non-hydrogen) atoms. The predicted molar refractivity (Wildman–Crippen MR) is 116 cm³/mol. The van der Waals surface area contributed by atoms with E-state index in [4.69, 9.17) is 39.7 Å². The van der Waals surface area contributed by atoms with Crippen molar-refractivity contribution < 1.29 is 0 Å². The van der Waals surface area contributed by atoms with Crippen LogP contribution in [-0.4, -0.2) is 34.6 Å². The van der Waals surface area contributed by atoms with E-state index in [-0.39, 0.29) is 5.95 Å². The molecule has 4 N–H and O–H groups in total. The van der Waals surface area contributed by atoms with Crippen LogP contribution in [0.25, 0.3) is 22.2 Å². The zero-order chi connectivity index (χ0) is 19.7. The van der Waals surface area contributed by atoms with E-state index in [1.807, 2.05) is 24.3 Å². The van der Waals surface area contributed by atoms with Crippen molar-refractivity contribution in [1.29, 1.82) is 0 Å². The minimum Gasteiger partial charge on any atom is -0.368 e. The van der Waals surface area contributed by atoms with Crippen LogP contribution in [0.3, 0.4) is 0 Å². The van der Waals surface area contributed by atoms with Crippen LogP contribution in [0.4, 0.5) is 11.8 Å². The number of piperidine rings is 1. The van der Waals surface area contributed by atoms with Crippen molar-refractivity contribution in [2.24, 2.45) is 11.7 Å². The smallest absolute Gasteiger partial charge is 0.222 e. The molecule has 0 aliphatic carbocycles. The largest absolute Gasteiger partial charge is 0.368 e. The highest BCUT2D eigenvalue weighted by Crippen LogP contribution is 2.41. The van der Waals surface area contributed by atoms with Gasteiger partial charge in [0, 0.05) is 35.8 Å². The molecule has 146 valence electrons. The Hall–Kier alpha value is -2.15. The van der Waals surface area contributed by atoms with E-state index in [0.29, 0.717) is 21.6 Å². The number of anilines is 2. The topological polar surface area (TPSA) is 94.0 Å². The predicted octanol–water partition coefficient (Wildman–Crippen LogP) is 4.15. The summed E-state index contributed by atoms with van der Waals surface area (Å²) < 4.78 is 0. The molecule has 1 aromatic carbocycles. The molecule has 1 fully saturated rings. The average molecular weight is 417 g/mol. The van der Waals surface area contributed by atoms with Crippen molar-refractivity contribution in [2.45, 2.75) is 19.3 Å². The Kier molecular flexibility index (Phi) is 5.53. The summed E-state index contributed by atoms with van der Waals surface area (Å²) in [4.78, 5) is 15.5. The zero-order valence-electron chi connectivity index (χ0n) is 15.4. The first-order valence-electron chi connectivity index (χ1n) is 9.39. The van der Waals surface area contributed by atoms with Gasteiger partial charge in [-0.1, -0.05) is 29.3 Å². The van der Waals surface area contributed by atoms with Crippen LogP contribution in [0, 0.1) is 5.92 Å². The summed E-state index contributed by atoms with van der Waals surface area (Å²) >= 11 is 13.0. The Morgan fingerprint density at radius 2 is 1.82 bits per heavy atom. The Balaban J connectivity index is 1.83. The quantitative estimate of drug-likeness (QED) is 0.663. The highest BCUT2D eigenvalue weighted by atomic mass is 35.5. The van der Waals surface area contributed by atoms with Gasteiger partial charge in [-0.2, -0.15) is 4.98 Å².